The topological polar surface area (TPSA) is 65.3 Å². The summed E-state index contributed by atoms with van der Waals surface area (Å²) in [6.07, 6.45) is 1.36. The highest BCUT2D eigenvalue weighted by Crippen LogP contribution is 2.36. The van der Waals surface area contributed by atoms with Crippen LogP contribution in [0.25, 0.3) is 0 Å². The molecule has 1 aromatic heterocycles. The Morgan fingerprint density at radius 1 is 1.37 bits per heavy atom. The Labute approximate surface area is 123 Å². The molecule has 0 bridgehead atoms. The van der Waals surface area contributed by atoms with Crippen LogP contribution in [0.5, 0.6) is 11.6 Å². The molecule has 0 saturated heterocycles. The third-order valence-electron chi connectivity index (χ3n) is 2.12. The third kappa shape index (κ3) is 3.07. The Morgan fingerprint density at radius 2 is 2.11 bits per heavy atom. The number of rotatable bonds is 3. The van der Waals surface area contributed by atoms with Crippen LogP contribution >= 0.6 is 31.9 Å². The van der Waals surface area contributed by atoms with Crippen molar-refractivity contribution in [3.05, 3.63) is 55.3 Å². The Kier molecular flexibility index (Phi) is 4.11. The van der Waals surface area contributed by atoms with Gasteiger partial charge in [0, 0.05) is 16.7 Å². The molecule has 0 fully saturated rings. The lowest BCUT2D eigenvalue weighted by atomic mass is 10.3. The van der Waals surface area contributed by atoms with Gasteiger partial charge in [0.25, 0.3) is 11.6 Å². The quantitative estimate of drug-likeness (QED) is 0.572. The summed E-state index contributed by atoms with van der Waals surface area (Å²) in [5, 5.41) is 10.8. The molecule has 19 heavy (non-hydrogen) atoms. The maximum atomic E-state index is 13.6. The molecule has 0 saturated carbocycles. The first-order chi connectivity index (χ1) is 8.99. The van der Waals surface area contributed by atoms with Crippen LogP contribution in [0.2, 0.25) is 0 Å². The summed E-state index contributed by atoms with van der Waals surface area (Å²) < 4.78 is 19.4. The van der Waals surface area contributed by atoms with E-state index in [1.54, 1.807) is 0 Å². The highest BCUT2D eigenvalue weighted by molar-refractivity contribution is 9.11. The predicted molar refractivity (Wildman–Crippen MR) is 72.8 cm³/mol. The number of halogens is 3. The Bertz CT molecular complexity index is 652. The van der Waals surface area contributed by atoms with Gasteiger partial charge in [0.2, 0.25) is 0 Å². The van der Waals surface area contributed by atoms with Crippen LogP contribution < -0.4 is 4.74 Å². The Hall–Kier alpha value is -1.54. The lowest BCUT2D eigenvalue weighted by Crippen LogP contribution is -1.95. The fourth-order valence-corrected chi connectivity index (χ4v) is 2.09. The van der Waals surface area contributed by atoms with Crippen molar-refractivity contribution in [2.24, 2.45) is 0 Å². The van der Waals surface area contributed by atoms with E-state index < -0.39 is 10.7 Å². The first-order valence-electron chi connectivity index (χ1n) is 4.91. The van der Waals surface area contributed by atoms with E-state index in [4.69, 9.17) is 4.74 Å². The van der Waals surface area contributed by atoms with Gasteiger partial charge in [-0.2, -0.15) is 0 Å². The summed E-state index contributed by atoms with van der Waals surface area (Å²) in [5.74, 6) is -0.819. The number of nitro benzene ring substituents is 1. The van der Waals surface area contributed by atoms with Gasteiger partial charge < -0.3 is 4.74 Å². The van der Waals surface area contributed by atoms with Gasteiger partial charge in [0.15, 0.2) is 11.6 Å². The molecule has 0 unspecified atom stereocenters. The molecular weight excluding hydrogens is 387 g/mol. The zero-order valence-electron chi connectivity index (χ0n) is 9.14. The van der Waals surface area contributed by atoms with Gasteiger partial charge in [-0.25, -0.2) is 9.37 Å². The van der Waals surface area contributed by atoms with E-state index in [9.17, 15) is 14.5 Å². The number of hydrogen-bond acceptors (Lipinski definition) is 4. The molecule has 8 heteroatoms. The van der Waals surface area contributed by atoms with Crippen molar-refractivity contribution in [3.8, 4) is 11.6 Å². The van der Waals surface area contributed by atoms with Crippen molar-refractivity contribution in [1.29, 1.82) is 0 Å². The van der Waals surface area contributed by atoms with Gasteiger partial charge in [-0.1, -0.05) is 6.07 Å². The van der Waals surface area contributed by atoms with Crippen LogP contribution in [0.15, 0.2) is 39.4 Å². The summed E-state index contributed by atoms with van der Waals surface area (Å²) in [4.78, 5) is 13.9. The average Bonchev–Trinajstić information content (AvgIpc) is 2.34. The fourth-order valence-electron chi connectivity index (χ4n) is 1.30. The highest BCUT2D eigenvalue weighted by atomic mass is 79.9. The monoisotopic (exact) mass is 390 g/mol. The molecule has 0 N–H and O–H groups in total. The molecule has 0 aliphatic heterocycles. The zero-order chi connectivity index (χ0) is 14.0. The normalized spacial score (nSPS) is 10.3. The van der Waals surface area contributed by atoms with Crippen LogP contribution in [-0.4, -0.2) is 9.91 Å². The lowest BCUT2D eigenvalue weighted by Gasteiger charge is -2.07. The number of pyridine rings is 1. The van der Waals surface area contributed by atoms with Gasteiger partial charge in [0.05, 0.1) is 4.92 Å². The van der Waals surface area contributed by atoms with Crippen molar-refractivity contribution in [3.63, 3.8) is 0 Å². The molecule has 0 aliphatic carbocycles. The number of nitrogens with zero attached hydrogens (tertiary/aromatic N) is 2. The van der Waals surface area contributed by atoms with Crippen LogP contribution in [0.1, 0.15) is 0 Å². The molecule has 1 aromatic carbocycles. The zero-order valence-corrected chi connectivity index (χ0v) is 12.3. The Morgan fingerprint density at radius 3 is 2.74 bits per heavy atom. The molecule has 0 aliphatic rings. The molecule has 0 spiro atoms. The SMILES string of the molecule is O=[N+]([O-])c1cccc(Oc2ncc(Br)cc2F)c1Br. The molecule has 2 rings (SSSR count). The van der Waals surface area contributed by atoms with Crippen molar-refractivity contribution < 1.29 is 14.1 Å². The van der Waals surface area contributed by atoms with Gasteiger partial charge in [-0.3, -0.25) is 10.1 Å². The molecule has 1 heterocycles. The summed E-state index contributed by atoms with van der Waals surface area (Å²) >= 11 is 6.12. The number of ether oxygens (including phenoxy) is 1. The van der Waals surface area contributed by atoms with E-state index in [0.29, 0.717) is 4.47 Å². The van der Waals surface area contributed by atoms with Crippen LogP contribution in [0.4, 0.5) is 10.1 Å². The molecule has 98 valence electrons. The smallest absolute Gasteiger partial charge is 0.287 e. The van der Waals surface area contributed by atoms with Crippen LogP contribution in [0, 0.1) is 15.9 Å². The summed E-state index contributed by atoms with van der Waals surface area (Å²) in [6, 6.07) is 5.41. The predicted octanol–water partition coefficient (Wildman–Crippen LogP) is 4.45. The van der Waals surface area contributed by atoms with E-state index in [0.717, 1.165) is 0 Å². The van der Waals surface area contributed by atoms with E-state index in [1.165, 1.54) is 30.5 Å². The molecule has 0 atom stereocenters. The van der Waals surface area contributed by atoms with Gasteiger partial charge in [-0.15, -0.1) is 0 Å². The van der Waals surface area contributed by atoms with Crippen molar-refractivity contribution in [2.75, 3.05) is 0 Å². The minimum Gasteiger partial charge on any atom is -0.435 e. The first kappa shape index (κ1) is 13.9. The Balaban J connectivity index is 2.38. The van der Waals surface area contributed by atoms with E-state index in [1.807, 2.05) is 0 Å². The van der Waals surface area contributed by atoms with Crippen LogP contribution in [-0.2, 0) is 0 Å². The maximum Gasteiger partial charge on any atom is 0.287 e. The minimum absolute atomic E-state index is 0.114. The average molecular weight is 392 g/mol. The van der Waals surface area contributed by atoms with Gasteiger partial charge in [0.1, 0.15) is 4.47 Å². The van der Waals surface area contributed by atoms with E-state index >= 15 is 0 Å². The first-order valence-corrected chi connectivity index (χ1v) is 6.49. The summed E-state index contributed by atoms with van der Waals surface area (Å²) in [6.45, 7) is 0. The fraction of sp³-hybridized carbons (Fsp3) is 0. The summed E-state index contributed by atoms with van der Waals surface area (Å²) in [7, 11) is 0. The molecule has 0 amide bonds. The number of benzene rings is 1. The molecular formula is C11H5Br2FN2O3. The standard InChI is InChI=1S/C11H5Br2FN2O3/c12-6-4-7(14)11(15-5-6)19-9-3-1-2-8(10(9)13)16(17)18/h1-5H. The van der Waals surface area contributed by atoms with E-state index in [-0.39, 0.29) is 21.8 Å². The number of nitro groups is 1. The second-order valence-corrected chi connectivity index (χ2v) is 5.10. The minimum atomic E-state index is -0.673. The van der Waals surface area contributed by atoms with Gasteiger partial charge >= 0.3 is 0 Å². The molecule has 2 aromatic rings. The highest BCUT2D eigenvalue weighted by Gasteiger charge is 2.17. The largest absolute Gasteiger partial charge is 0.435 e. The second-order valence-electron chi connectivity index (χ2n) is 3.39. The van der Waals surface area contributed by atoms with Crippen molar-refractivity contribution in [1.82, 2.24) is 4.98 Å². The summed E-state index contributed by atoms with van der Waals surface area (Å²) in [5.41, 5.74) is -0.171. The van der Waals surface area contributed by atoms with E-state index in [2.05, 4.69) is 36.8 Å². The third-order valence-corrected chi connectivity index (χ3v) is 3.35. The number of hydrogen-bond donors (Lipinski definition) is 0. The molecule has 5 nitrogen and oxygen atoms in total. The van der Waals surface area contributed by atoms with Gasteiger partial charge in [-0.05, 0) is 44.0 Å². The molecule has 0 radical (unpaired) electrons. The maximum absolute atomic E-state index is 13.6. The van der Waals surface area contributed by atoms with Crippen molar-refractivity contribution >= 4 is 37.5 Å². The number of aromatic nitrogens is 1. The lowest BCUT2D eigenvalue weighted by molar-refractivity contribution is -0.385. The van der Waals surface area contributed by atoms with Crippen LogP contribution in [0.3, 0.4) is 0 Å². The second kappa shape index (κ2) is 5.62. The van der Waals surface area contributed by atoms with Crippen molar-refractivity contribution in [2.45, 2.75) is 0 Å².